The van der Waals surface area contributed by atoms with Crippen LogP contribution in [0.3, 0.4) is 0 Å². The normalized spacial score (nSPS) is 11.8. The molecule has 0 saturated heterocycles. The van der Waals surface area contributed by atoms with Gasteiger partial charge in [0.2, 0.25) is 0 Å². The van der Waals surface area contributed by atoms with Crippen LogP contribution in [0.15, 0.2) is 24.3 Å². The molecule has 2 aromatic rings. The fraction of sp³-hybridized carbons (Fsp3) is 0.235. The molecule has 0 fully saturated rings. The summed E-state index contributed by atoms with van der Waals surface area (Å²) in [6, 6.07) is 6.35. The van der Waals surface area contributed by atoms with Gasteiger partial charge in [-0.25, -0.2) is 9.78 Å². The quantitative estimate of drug-likeness (QED) is 0.588. The maximum Gasteiger partial charge on any atom is 0.342 e. The van der Waals surface area contributed by atoms with E-state index in [1.54, 1.807) is 32.0 Å². The number of amides is 1. The van der Waals surface area contributed by atoms with Crippen LogP contribution in [0.5, 0.6) is 0 Å². The average molecular weight is 402 g/mol. The first kappa shape index (κ1) is 19.5. The summed E-state index contributed by atoms with van der Waals surface area (Å²) in [5.74, 6) is -1.26. The minimum atomic E-state index is -1.06. The Bertz CT molecular complexity index is 817. The van der Waals surface area contributed by atoms with Crippen LogP contribution >= 0.6 is 34.8 Å². The van der Waals surface area contributed by atoms with Crippen molar-refractivity contribution in [1.29, 1.82) is 0 Å². The Balaban J connectivity index is 2.09. The van der Waals surface area contributed by atoms with Gasteiger partial charge in [0.25, 0.3) is 5.91 Å². The van der Waals surface area contributed by atoms with Crippen molar-refractivity contribution < 1.29 is 14.3 Å². The molecule has 0 saturated carbocycles. The monoisotopic (exact) mass is 400 g/mol. The molecule has 132 valence electrons. The number of aryl methyl sites for hydroxylation is 2. The van der Waals surface area contributed by atoms with E-state index in [0.717, 1.165) is 0 Å². The van der Waals surface area contributed by atoms with Crippen molar-refractivity contribution in [2.45, 2.75) is 26.9 Å². The third kappa shape index (κ3) is 4.84. The van der Waals surface area contributed by atoms with Gasteiger partial charge in [0.1, 0.15) is 5.15 Å². The molecule has 0 spiro atoms. The van der Waals surface area contributed by atoms with Gasteiger partial charge >= 0.3 is 5.97 Å². The highest BCUT2D eigenvalue weighted by atomic mass is 35.5. The number of ether oxygens (including phenoxy) is 1. The Hall–Kier alpha value is -1.82. The van der Waals surface area contributed by atoms with Crippen LogP contribution in [0.1, 0.15) is 28.5 Å². The molecule has 1 atom stereocenters. The number of nitrogens with one attached hydrogen (secondary N) is 1. The van der Waals surface area contributed by atoms with Crippen LogP contribution in [-0.2, 0) is 9.53 Å². The molecule has 0 aliphatic heterocycles. The van der Waals surface area contributed by atoms with Gasteiger partial charge in [-0.15, -0.1) is 0 Å². The third-order valence-corrected chi connectivity index (χ3v) is 4.17. The van der Waals surface area contributed by atoms with E-state index in [1.165, 1.54) is 13.0 Å². The minimum Gasteiger partial charge on any atom is -0.449 e. The number of benzene rings is 1. The summed E-state index contributed by atoms with van der Waals surface area (Å²) in [7, 11) is 0. The Morgan fingerprint density at radius 2 is 1.84 bits per heavy atom. The predicted molar refractivity (Wildman–Crippen MR) is 98.7 cm³/mol. The summed E-state index contributed by atoms with van der Waals surface area (Å²) < 4.78 is 5.19. The van der Waals surface area contributed by atoms with Crippen LogP contribution in [-0.4, -0.2) is 23.0 Å². The molecule has 1 aromatic carbocycles. The molecule has 8 heteroatoms. The van der Waals surface area contributed by atoms with Crippen molar-refractivity contribution in [1.82, 2.24) is 4.98 Å². The zero-order valence-corrected chi connectivity index (χ0v) is 16.0. The van der Waals surface area contributed by atoms with E-state index in [9.17, 15) is 9.59 Å². The Labute approximate surface area is 160 Å². The second-order valence-corrected chi connectivity index (χ2v) is 6.61. The molecule has 25 heavy (non-hydrogen) atoms. The molecule has 0 aliphatic carbocycles. The number of pyridine rings is 1. The summed E-state index contributed by atoms with van der Waals surface area (Å²) in [6.07, 6.45) is -1.06. The fourth-order valence-electron chi connectivity index (χ4n) is 2.13. The van der Waals surface area contributed by atoms with Gasteiger partial charge in [-0.3, -0.25) is 4.79 Å². The fourth-order valence-corrected chi connectivity index (χ4v) is 2.95. The number of nitrogens with zero attached hydrogens (tertiary/aromatic N) is 1. The maximum atomic E-state index is 12.3. The Kier molecular flexibility index (Phi) is 6.27. The number of esters is 1. The van der Waals surface area contributed by atoms with Crippen LogP contribution < -0.4 is 5.32 Å². The largest absolute Gasteiger partial charge is 0.449 e. The molecule has 0 radical (unpaired) electrons. The summed E-state index contributed by atoms with van der Waals surface area (Å²) >= 11 is 17.8. The van der Waals surface area contributed by atoms with E-state index in [-0.39, 0.29) is 15.7 Å². The highest BCUT2D eigenvalue weighted by molar-refractivity contribution is 6.36. The lowest BCUT2D eigenvalue weighted by molar-refractivity contribution is -0.123. The first-order chi connectivity index (χ1) is 11.7. The lowest BCUT2D eigenvalue weighted by Gasteiger charge is -2.15. The molecule has 2 rings (SSSR count). The number of rotatable bonds is 4. The molecule has 1 heterocycles. The number of carbonyl (C=O) groups excluding carboxylic acids is 2. The van der Waals surface area contributed by atoms with E-state index in [2.05, 4.69) is 10.3 Å². The number of aromatic nitrogens is 1. The lowest BCUT2D eigenvalue weighted by Crippen LogP contribution is -2.30. The van der Waals surface area contributed by atoms with Gasteiger partial charge in [0.05, 0.1) is 16.3 Å². The van der Waals surface area contributed by atoms with E-state index < -0.39 is 18.0 Å². The summed E-state index contributed by atoms with van der Waals surface area (Å²) in [6.45, 7) is 4.93. The standard InChI is InChI=1S/C17H15Cl3N2O3/c1-8-6-9(2)21-15(20)14(8)17(24)25-10(3)16(23)22-13-5-4-11(18)7-12(13)19/h4-7,10H,1-3H3,(H,22,23)/t10-/m0/s1. The second-order valence-electron chi connectivity index (χ2n) is 5.41. The van der Waals surface area contributed by atoms with Crippen molar-refractivity contribution in [2.24, 2.45) is 0 Å². The Morgan fingerprint density at radius 3 is 2.44 bits per heavy atom. The molecule has 0 aliphatic rings. The van der Waals surface area contributed by atoms with E-state index in [0.29, 0.717) is 22.0 Å². The zero-order valence-electron chi connectivity index (χ0n) is 13.7. The van der Waals surface area contributed by atoms with Gasteiger partial charge in [-0.05, 0) is 50.6 Å². The van der Waals surface area contributed by atoms with E-state index >= 15 is 0 Å². The number of carbonyl (C=O) groups is 2. The van der Waals surface area contributed by atoms with Crippen molar-refractivity contribution in [2.75, 3.05) is 5.32 Å². The van der Waals surface area contributed by atoms with Crippen molar-refractivity contribution in [3.05, 3.63) is 56.3 Å². The predicted octanol–water partition coefficient (Wildman–Crippen LogP) is 4.84. The SMILES string of the molecule is Cc1cc(C)c(C(=O)O[C@@H](C)C(=O)Nc2ccc(Cl)cc2Cl)c(Cl)n1. The molecular weight excluding hydrogens is 387 g/mol. The zero-order chi connectivity index (χ0) is 18.7. The average Bonchev–Trinajstić information content (AvgIpc) is 2.48. The van der Waals surface area contributed by atoms with Gasteiger partial charge in [0, 0.05) is 10.7 Å². The molecular formula is C17H15Cl3N2O3. The van der Waals surface area contributed by atoms with Gasteiger partial charge < -0.3 is 10.1 Å². The van der Waals surface area contributed by atoms with Crippen LogP contribution in [0.25, 0.3) is 0 Å². The van der Waals surface area contributed by atoms with Crippen molar-refractivity contribution >= 4 is 52.4 Å². The van der Waals surface area contributed by atoms with Gasteiger partial charge in [0.15, 0.2) is 6.10 Å². The maximum absolute atomic E-state index is 12.3. The molecule has 1 aromatic heterocycles. The summed E-state index contributed by atoms with van der Waals surface area (Å²) in [5.41, 5.74) is 1.81. The van der Waals surface area contributed by atoms with Crippen LogP contribution in [0.4, 0.5) is 5.69 Å². The second kappa shape index (κ2) is 8.04. The molecule has 5 nitrogen and oxygen atoms in total. The van der Waals surface area contributed by atoms with Crippen molar-refractivity contribution in [3.63, 3.8) is 0 Å². The van der Waals surface area contributed by atoms with Gasteiger partial charge in [-0.2, -0.15) is 0 Å². The first-order valence-electron chi connectivity index (χ1n) is 7.29. The summed E-state index contributed by atoms with van der Waals surface area (Å²) in [5, 5.41) is 3.34. The lowest BCUT2D eigenvalue weighted by atomic mass is 10.1. The molecule has 0 unspecified atom stereocenters. The first-order valence-corrected chi connectivity index (χ1v) is 8.43. The topological polar surface area (TPSA) is 68.3 Å². The molecule has 0 bridgehead atoms. The third-order valence-electron chi connectivity index (χ3n) is 3.35. The highest BCUT2D eigenvalue weighted by Crippen LogP contribution is 2.26. The van der Waals surface area contributed by atoms with Gasteiger partial charge in [-0.1, -0.05) is 34.8 Å². The summed E-state index contributed by atoms with van der Waals surface area (Å²) in [4.78, 5) is 28.5. The van der Waals surface area contributed by atoms with E-state index in [1.807, 2.05) is 0 Å². The van der Waals surface area contributed by atoms with E-state index in [4.69, 9.17) is 39.5 Å². The smallest absolute Gasteiger partial charge is 0.342 e. The van der Waals surface area contributed by atoms with Crippen molar-refractivity contribution in [3.8, 4) is 0 Å². The number of hydrogen-bond donors (Lipinski definition) is 1. The number of halogens is 3. The number of anilines is 1. The minimum absolute atomic E-state index is 0.0378. The molecule has 1 N–H and O–H groups in total. The van der Waals surface area contributed by atoms with Crippen LogP contribution in [0.2, 0.25) is 15.2 Å². The highest BCUT2D eigenvalue weighted by Gasteiger charge is 2.23. The number of hydrogen-bond acceptors (Lipinski definition) is 4. The molecule has 1 amide bonds. The van der Waals surface area contributed by atoms with Crippen LogP contribution in [0, 0.1) is 13.8 Å². The Morgan fingerprint density at radius 1 is 1.16 bits per heavy atom.